The molecule has 3 heterocycles. The zero-order valence-corrected chi connectivity index (χ0v) is 16.7. The Morgan fingerprint density at radius 1 is 1.14 bits per heavy atom. The third kappa shape index (κ3) is 3.91. The summed E-state index contributed by atoms with van der Waals surface area (Å²) >= 11 is 1.39. The molecule has 1 aliphatic heterocycles. The zero-order chi connectivity index (χ0) is 19.5. The van der Waals surface area contributed by atoms with Crippen LogP contribution in [0, 0.1) is 6.92 Å². The summed E-state index contributed by atoms with van der Waals surface area (Å²) in [6.45, 7) is 4.26. The zero-order valence-electron chi connectivity index (χ0n) is 15.9. The van der Waals surface area contributed by atoms with Crippen molar-refractivity contribution >= 4 is 27.3 Å². The Kier molecular flexibility index (Phi) is 5.38. The Balaban J connectivity index is 1.54. The highest BCUT2D eigenvalue weighted by Gasteiger charge is 2.19. The van der Waals surface area contributed by atoms with Crippen molar-refractivity contribution in [1.82, 2.24) is 19.9 Å². The largest absolute Gasteiger partial charge is 0.348 e. The van der Waals surface area contributed by atoms with E-state index in [2.05, 4.69) is 20.3 Å². The summed E-state index contributed by atoms with van der Waals surface area (Å²) in [4.78, 5) is 32.3. The third-order valence-electron chi connectivity index (χ3n) is 4.97. The van der Waals surface area contributed by atoms with Crippen molar-refractivity contribution < 1.29 is 4.79 Å². The van der Waals surface area contributed by atoms with Gasteiger partial charge >= 0.3 is 0 Å². The van der Waals surface area contributed by atoms with Crippen molar-refractivity contribution in [3.8, 4) is 0 Å². The van der Waals surface area contributed by atoms with Crippen LogP contribution in [0.2, 0.25) is 0 Å². The lowest BCUT2D eigenvalue weighted by molar-refractivity contribution is 0.0948. The number of anilines is 1. The van der Waals surface area contributed by atoms with Crippen molar-refractivity contribution in [1.29, 1.82) is 0 Å². The van der Waals surface area contributed by atoms with Gasteiger partial charge in [-0.2, -0.15) is 4.52 Å². The standard InChI is InChI=1S/C20H23N5O2S/c1-14-6-8-15(9-7-14)12-21-17(26)16-13-22-19-25(18(16)27)23-20(28-19)24-10-4-2-3-5-11-24/h6-9,13H,2-5,10-12H2,1H3,(H,21,26). The van der Waals surface area contributed by atoms with Crippen LogP contribution in [0.5, 0.6) is 0 Å². The maximum atomic E-state index is 12.8. The quantitative estimate of drug-likeness (QED) is 0.732. The van der Waals surface area contributed by atoms with Gasteiger partial charge in [0.25, 0.3) is 11.5 Å². The van der Waals surface area contributed by atoms with Crippen molar-refractivity contribution in [2.75, 3.05) is 18.0 Å². The number of benzene rings is 1. The molecule has 1 fully saturated rings. The molecule has 1 aliphatic rings. The van der Waals surface area contributed by atoms with Crippen LogP contribution in [0.15, 0.2) is 35.3 Å². The van der Waals surface area contributed by atoms with Crippen LogP contribution >= 0.6 is 11.3 Å². The first-order valence-electron chi connectivity index (χ1n) is 9.59. The van der Waals surface area contributed by atoms with Gasteiger partial charge < -0.3 is 10.2 Å². The molecule has 146 valence electrons. The molecule has 4 rings (SSSR count). The monoisotopic (exact) mass is 397 g/mol. The van der Waals surface area contributed by atoms with Gasteiger partial charge in [0.05, 0.1) is 0 Å². The van der Waals surface area contributed by atoms with E-state index in [4.69, 9.17) is 0 Å². The van der Waals surface area contributed by atoms with E-state index in [1.54, 1.807) is 0 Å². The Hall–Kier alpha value is -2.74. The average molecular weight is 398 g/mol. The number of rotatable bonds is 4. The minimum atomic E-state index is -0.434. The van der Waals surface area contributed by atoms with Gasteiger partial charge in [0.2, 0.25) is 10.1 Å². The van der Waals surface area contributed by atoms with E-state index >= 15 is 0 Å². The maximum absolute atomic E-state index is 12.8. The predicted molar refractivity (Wildman–Crippen MR) is 110 cm³/mol. The predicted octanol–water partition coefficient (Wildman–Crippen LogP) is 2.77. The number of carbonyl (C=O) groups is 1. The summed E-state index contributed by atoms with van der Waals surface area (Å²) in [7, 11) is 0. The average Bonchev–Trinajstić information content (AvgIpc) is 2.95. The molecular formula is C20H23N5O2S. The summed E-state index contributed by atoms with van der Waals surface area (Å²) < 4.78 is 1.26. The molecule has 0 atom stereocenters. The van der Waals surface area contributed by atoms with E-state index < -0.39 is 11.5 Å². The first kappa shape index (κ1) is 18.6. The lowest BCUT2D eigenvalue weighted by atomic mass is 10.1. The van der Waals surface area contributed by atoms with E-state index in [0.29, 0.717) is 11.5 Å². The van der Waals surface area contributed by atoms with Gasteiger partial charge in [-0.1, -0.05) is 54.0 Å². The smallest absolute Gasteiger partial charge is 0.288 e. The topological polar surface area (TPSA) is 79.6 Å². The highest BCUT2D eigenvalue weighted by molar-refractivity contribution is 7.20. The molecule has 8 heteroatoms. The van der Waals surface area contributed by atoms with Crippen molar-refractivity contribution in [2.45, 2.75) is 39.2 Å². The fourth-order valence-electron chi connectivity index (χ4n) is 3.31. The maximum Gasteiger partial charge on any atom is 0.288 e. The molecule has 0 aliphatic carbocycles. The summed E-state index contributed by atoms with van der Waals surface area (Å²) in [6, 6.07) is 7.89. The van der Waals surface area contributed by atoms with Crippen LogP contribution in [-0.2, 0) is 6.54 Å². The van der Waals surface area contributed by atoms with Crippen LogP contribution in [0.1, 0.15) is 47.2 Å². The van der Waals surface area contributed by atoms with E-state index in [9.17, 15) is 9.59 Å². The van der Waals surface area contributed by atoms with Crippen LogP contribution in [0.4, 0.5) is 5.13 Å². The van der Waals surface area contributed by atoms with Crippen molar-refractivity contribution in [2.24, 2.45) is 0 Å². The number of hydrogen-bond donors (Lipinski definition) is 1. The third-order valence-corrected chi connectivity index (χ3v) is 5.95. The van der Waals surface area contributed by atoms with Gasteiger partial charge in [0.15, 0.2) is 0 Å². The summed E-state index contributed by atoms with van der Waals surface area (Å²) in [5.41, 5.74) is 1.72. The Bertz CT molecular complexity index is 1030. The van der Waals surface area contributed by atoms with Crippen molar-refractivity contribution in [3.05, 3.63) is 57.5 Å². The van der Waals surface area contributed by atoms with E-state index in [0.717, 1.165) is 42.2 Å². The first-order chi connectivity index (χ1) is 13.6. The minimum Gasteiger partial charge on any atom is -0.348 e. The van der Waals surface area contributed by atoms with Gasteiger partial charge in [-0.05, 0) is 25.3 Å². The van der Waals surface area contributed by atoms with Crippen LogP contribution < -0.4 is 15.8 Å². The lowest BCUT2D eigenvalue weighted by Crippen LogP contribution is -2.31. The normalized spacial score (nSPS) is 14.8. The van der Waals surface area contributed by atoms with Crippen LogP contribution in [0.25, 0.3) is 4.96 Å². The summed E-state index contributed by atoms with van der Waals surface area (Å²) in [5.74, 6) is -0.434. The van der Waals surface area contributed by atoms with Gasteiger partial charge in [0, 0.05) is 25.8 Å². The SMILES string of the molecule is Cc1ccc(CNC(=O)c2cnc3sc(N4CCCCCC4)nn3c2=O)cc1. The molecule has 1 amide bonds. The number of fused-ring (bicyclic) bond motifs is 1. The molecule has 1 saturated heterocycles. The molecule has 0 saturated carbocycles. The van der Waals surface area contributed by atoms with E-state index in [1.165, 1.54) is 34.9 Å². The van der Waals surface area contributed by atoms with Gasteiger partial charge in [-0.3, -0.25) is 9.59 Å². The van der Waals surface area contributed by atoms with E-state index in [-0.39, 0.29) is 5.56 Å². The number of aromatic nitrogens is 3. The van der Waals surface area contributed by atoms with Gasteiger partial charge in [-0.15, -0.1) is 5.10 Å². The Labute approximate surface area is 167 Å². The van der Waals surface area contributed by atoms with Crippen molar-refractivity contribution in [3.63, 3.8) is 0 Å². The highest BCUT2D eigenvalue weighted by atomic mass is 32.1. The molecule has 0 radical (unpaired) electrons. The molecule has 3 aromatic rings. The lowest BCUT2D eigenvalue weighted by Gasteiger charge is -2.17. The molecule has 28 heavy (non-hydrogen) atoms. The number of nitrogens with one attached hydrogen (secondary N) is 1. The summed E-state index contributed by atoms with van der Waals surface area (Å²) in [5, 5.41) is 8.04. The second-order valence-corrected chi connectivity index (χ2v) is 8.06. The number of hydrogen-bond acceptors (Lipinski definition) is 6. The number of aryl methyl sites for hydroxylation is 1. The van der Waals surface area contributed by atoms with Crippen LogP contribution in [0.3, 0.4) is 0 Å². The molecule has 7 nitrogen and oxygen atoms in total. The minimum absolute atomic E-state index is 0.0114. The fraction of sp³-hybridized carbons (Fsp3) is 0.400. The molecule has 0 bridgehead atoms. The fourth-order valence-corrected chi connectivity index (χ4v) is 4.22. The highest BCUT2D eigenvalue weighted by Crippen LogP contribution is 2.24. The van der Waals surface area contributed by atoms with Gasteiger partial charge in [-0.25, -0.2) is 4.98 Å². The number of nitrogens with zero attached hydrogens (tertiary/aromatic N) is 4. The molecule has 1 aromatic carbocycles. The molecule has 1 N–H and O–H groups in total. The van der Waals surface area contributed by atoms with E-state index in [1.807, 2.05) is 31.2 Å². The number of amides is 1. The molecule has 0 unspecified atom stereocenters. The number of carbonyl (C=O) groups excluding carboxylic acids is 1. The molecular weight excluding hydrogens is 374 g/mol. The second-order valence-electron chi connectivity index (χ2n) is 7.13. The Morgan fingerprint density at radius 3 is 2.57 bits per heavy atom. The second kappa shape index (κ2) is 8.10. The molecule has 2 aromatic heterocycles. The Morgan fingerprint density at radius 2 is 1.86 bits per heavy atom. The molecule has 0 spiro atoms. The van der Waals surface area contributed by atoms with Gasteiger partial charge in [0.1, 0.15) is 5.56 Å². The summed E-state index contributed by atoms with van der Waals surface area (Å²) in [6.07, 6.45) is 6.07. The first-order valence-corrected chi connectivity index (χ1v) is 10.4. The van der Waals surface area contributed by atoms with Crippen LogP contribution in [-0.4, -0.2) is 33.6 Å².